The number of alkyl halides is 3. The molecule has 0 spiro atoms. The van der Waals surface area contributed by atoms with E-state index >= 15 is 0 Å². The summed E-state index contributed by atoms with van der Waals surface area (Å²) in [4.78, 5) is 29.6. The van der Waals surface area contributed by atoms with Gasteiger partial charge in [0.05, 0.1) is 12.1 Å². The van der Waals surface area contributed by atoms with E-state index in [2.05, 4.69) is 4.98 Å². The number of hydrogen-bond donors (Lipinski definition) is 0. The Morgan fingerprint density at radius 1 is 1.28 bits per heavy atom. The highest BCUT2D eigenvalue weighted by molar-refractivity contribution is 6.31. The maximum Gasteiger partial charge on any atom is 0.417 e. The second kappa shape index (κ2) is 5.87. The summed E-state index contributed by atoms with van der Waals surface area (Å²) in [7, 11) is 1.57. The lowest BCUT2D eigenvalue weighted by Crippen LogP contribution is -2.27. The van der Waals surface area contributed by atoms with Gasteiger partial charge >= 0.3 is 6.18 Å². The second-order valence-electron chi connectivity index (χ2n) is 5.82. The Morgan fingerprint density at radius 2 is 1.96 bits per heavy atom. The van der Waals surface area contributed by atoms with Crippen molar-refractivity contribution in [2.75, 3.05) is 0 Å². The van der Waals surface area contributed by atoms with Gasteiger partial charge in [-0.3, -0.25) is 14.6 Å². The van der Waals surface area contributed by atoms with Gasteiger partial charge in [0.1, 0.15) is 10.7 Å². The number of hydrogen-bond acceptors (Lipinski definition) is 3. The van der Waals surface area contributed by atoms with Crippen LogP contribution in [0.5, 0.6) is 0 Å². The van der Waals surface area contributed by atoms with Crippen molar-refractivity contribution in [1.82, 2.24) is 14.5 Å². The van der Waals surface area contributed by atoms with Crippen molar-refractivity contribution in [3.63, 3.8) is 0 Å². The average molecular weight is 372 g/mol. The van der Waals surface area contributed by atoms with Gasteiger partial charge in [0.25, 0.3) is 11.5 Å². The van der Waals surface area contributed by atoms with E-state index in [4.69, 9.17) is 11.6 Å². The third-order valence-corrected chi connectivity index (χ3v) is 4.76. The Labute approximate surface area is 145 Å². The molecular weight excluding hydrogens is 359 g/mol. The molecule has 5 nitrogen and oxygen atoms in total. The van der Waals surface area contributed by atoms with Crippen molar-refractivity contribution in [2.24, 2.45) is 7.05 Å². The van der Waals surface area contributed by atoms with E-state index in [0.29, 0.717) is 17.5 Å². The van der Waals surface area contributed by atoms with Gasteiger partial charge in [0, 0.05) is 25.5 Å². The summed E-state index contributed by atoms with van der Waals surface area (Å²) in [5, 5.41) is 0.100. The van der Waals surface area contributed by atoms with Gasteiger partial charge in [-0.1, -0.05) is 11.6 Å². The van der Waals surface area contributed by atoms with Crippen LogP contribution in [0, 0.1) is 6.92 Å². The summed E-state index contributed by atoms with van der Waals surface area (Å²) >= 11 is 6.02. The maximum atomic E-state index is 12.6. The fraction of sp³-hybridized carbons (Fsp3) is 0.312. The Balaban J connectivity index is 1.90. The van der Waals surface area contributed by atoms with Crippen LogP contribution in [0.3, 0.4) is 0 Å². The first-order chi connectivity index (χ1) is 11.6. The summed E-state index contributed by atoms with van der Waals surface area (Å²) in [6, 6.07) is 1.87. The first kappa shape index (κ1) is 17.5. The highest BCUT2D eigenvalue weighted by atomic mass is 35.5. The van der Waals surface area contributed by atoms with Crippen LogP contribution in [0.25, 0.3) is 0 Å². The third-order valence-electron chi connectivity index (χ3n) is 4.31. The smallest absolute Gasteiger partial charge is 0.327 e. The summed E-state index contributed by atoms with van der Waals surface area (Å²) in [5.41, 5.74) is 0.683. The van der Waals surface area contributed by atoms with Crippen LogP contribution < -0.4 is 5.56 Å². The molecule has 132 valence electrons. The fourth-order valence-corrected chi connectivity index (χ4v) is 3.05. The quantitative estimate of drug-likeness (QED) is 0.774. The zero-order valence-electron chi connectivity index (χ0n) is 13.3. The topological polar surface area (TPSA) is 55.2 Å². The minimum Gasteiger partial charge on any atom is -0.327 e. The van der Waals surface area contributed by atoms with E-state index in [1.54, 1.807) is 14.0 Å². The van der Waals surface area contributed by atoms with Crippen LogP contribution in [-0.4, -0.2) is 20.4 Å². The fourth-order valence-electron chi connectivity index (χ4n) is 2.81. The standard InChI is InChI=1S/C16H13ClF3N3O2/c1-8-10-6-23(7-12(10)22(2)15(25)13(8)17)14(24)11-4-3-9(5-21-11)16(18,19)20/h3-5H,6-7H2,1-2H3. The molecular formula is C16H13ClF3N3O2. The molecule has 9 heteroatoms. The summed E-state index contributed by atoms with van der Waals surface area (Å²) in [5.74, 6) is -0.507. The minimum atomic E-state index is -4.51. The van der Waals surface area contributed by atoms with Crippen molar-refractivity contribution < 1.29 is 18.0 Å². The van der Waals surface area contributed by atoms with Gasteiger partial charge in [-0.15, -0.1) is 0 Å². The highest BCUT2D eigenvalue weighted by Gasteiger charge is 2.33. The van der Waals surface area contributed by atoms with Gasteiger partial charge in [-0.2, -0.15) is 13.2 Å². The van der Waals surface area contributed by atoms with Gasteiger partial charge in [0.2, 0.25) is 0 Å². The second-order valence-corrected chi connectivity index (χ2v) is 6.20. The first-order valence-electron chi connectivity index (χ1n) is 7.30. The number of amides is 1. The molecule has 3 heterocycles. The minimum absolute atomic E-state index is 0.0884. The lowest BCUT2D eigenvalue weighted by molar-refractivity contribution is -0.137. The van der Waals surface area contributed by atoms with Crippen molar-refractivity contribution in [2.45, 2.75) is 26.2 Å². The van der Waals surface area contributed by atoms with Gasteiger partial charge in [-0.25, -0.2) is 0 Å². The van der Waals surface area contributed by atoms with Crippen molar-refractivity contribution in [1.29, 1.82) is 0 Å². The lowest BCUT2D eigenvalue weighted by atomic mass is 10.1. The number of halogens is 4. The molecule has 25 heavy (non-hydrogen) atoms. The molecule has 0 saturated heterocycles. The molecule has 0 fully saturated rings. The van der Waals surface area contributed by atoms with E-state index in [1.807, 2.05) is 0 Å². The molecule has 0 aromatic carbocycles. The van der Waals surface area contributed by atoms with Gasteiger partial charge in [0.15, 0.2) is 0 Å². The predicted molar refractivity (Wildman–Crippen MR) is 84.2 cm³/mol. The highest BCUT2D eigenvalue weighted by Crippen LogP contribution is 2.30. The molecule has 2 aromatic heterocycles. The molecule has 1 aliphatic rings. The van der Waals surface area contributed by atoms with E-state index in [9.17, 15) is 22.8 Å². The monoisotopic (exact) mass is 371 g/mol. The average Bonchev–Trinajstić information content (AvgIpc) is 3.02. The Morgan fingerprint density at radius 3 is 2.52 bits per heavy atom. The molecule has 0 bridgehead atoms. The number of carbonyl (C=O) groups excluding carboxylic acids is 1. The van der Waals surface area contributed by atoms with Crippen LogP contribution in [-0.2, 0) is 26.3 Å². The van der Waals surface area contributed by atoms with Crippen molar-refractivity contribution in [3.8, 4) is 0 Å². The lowest BCUT2D eigenvalue weighted by Gasteiger charge is -2.15. The molecule has 0 N–H and O–H groups in total. The van der Waals surface area contributed by atoms with Crippen LogP contribution in [0.1, 0.15) is 32.9 Å². The summed E-state index contributed by atoms with van der Waals surface area (Å²) < 4.78 is 39.1. The summed E-state index contributed by atoms with van der Waals surface area (Å²) in [6.45, 7) is 2.09. The number of nitrogens with zero attached hydrogens (tertiary/aromatic N) is 3. The van der Waals surface area contributed by atoms with Crippen LogP contribution in [0.15, 0.2) is 23.1 Å². The number of aromatic nitrogens is 2. The molecule has 2 aromatic rings. The SMILES string of the molecule is Cc1c2c(n(C)c(=O)c1Cl)CN(C(=O)c1ccc(C(F)(F)F)cn1)C2. The largest absolute Gasteiger partial charge is 0.417 e. The first-order valence-corrected chi connectivity index (χ1v) is 7.68. The predicted octanol–water partition coefficient (Wildman–Crippen LogP) is 2.92. The van der Waals surface area contributed by atoms with E-state index in [-0.39, 0.29) is 29.4 Å². The normalized spacial score (nSPS) is 13.9. The maximum absolute atomic E-state index is 12.6. The van der Waals surface area contributed by atoms with Crippen molar-refractivity contribution in [3.05, 3.63) is 61.8 Å². The zero-order valence-corrected chi connectivity index (χ0v) is 14.1. The van der Waals surface area contributed by atoms with E-state index in [1.165, 1.54) is 9.47 Å². The Kier molecular flexibility index (Phi) is 4.10. The Bertz CT molecular complexity index is 920. The molecule has 1 amide bonds. The van der Waals surface area contributed by atoms with Crippen LogP contribution in [0.4, 0.5) is 13.2 Å². The number of pyridine rings is 2. The Hall–Kier alpha value is -2.35. The molecule has 0 radical (unpaired) electrons. The molecule has 0 saturated carbocycles. The summed E-state index contributed by atoms with van der Waals surface area (Å²) in [6.07, 6.45) is -3.88. The van der Waals surface area contributed by atoms with E-state index in [0.717, 1.165) is 17.7 Å². The van der Waals surface area contributed by atoms with Crippen LogP contribution in [0.2, 0.25) is 5.02 Å². The molecule has 0 aliphatic carbocycles. The zero-order chi connectivity index (χ0) is 18.5. The number of fused-ring (bicyclic) bond motifs is 1. The van der Waals surface area contributed by atoms with Crippen LogP contribution >= 0.6 is 11.6 Å². The number of carbonyl (C=O) groups is 1. The van der Waals surface area contributed by atoms with Crippen molar-refractivity contribution >= 4 is 17.5 Å². The molecule has 3 rings (SSSR count). The molecule has 0 atom stereocenters. The number of rotatable bonds is 1. The third kappa shape index (κ3) is 2.90. The molecule has 0 unspecified atom stereocenters. The van der Waals surface area contributed by atoms with Gasteiger partial charge in [-0.05, 0) is 30.2 Å². The molecule has 1 aliphatic heterocycles. The van der Waals surface area contributed by atoms with E-state index < -0.39 is 17.6 Å². The van der Waals surface area contributed by atoms with Gasteiger partial charge < -0.3 is 9.47 Å².